The summed E-state index contributed by atoms with van der Waals surface area (Å²) in [5.74, 6) is 3.71. The maximum atomic E-state index is 10.1. The summed E-state index contributed by atoms with van der Waals surface area (Å²) >= 11 is 0. The monoisotopic (exact) mass is 320 g/mol. The van der Waals surface area contributed by atoms with Crippen LogP contribution in [0.3, 0.4) is 0 Å². The first-order chi connectivity index (χ1) is 10.9. The molecule has 0 saturated heterocycles. The van der Waals surface area contributed by atoms with Crippen molar-refractivity contribution in [2.45, 2.75) is 83.8 Å². The van der Waals surface area contributed by atoms with E-state index in [4.69, 9.17) is 0 Å². The Morgan fingerprint density at radius 1 is 0.826 bits per heavy atom. The lowest BCUT2D eigenvalue weighted by Gasteiger charge is -2.60. The van der Waals surface area contributed by atoms with Crippen molar-refractivity contribution in [1.82, 2.24) is 0 Å². The van der Waals surface area contributed by atoms with Crippen molar-refractivity contribution in [3.8, 4) is 0 Å². The zero-order valence-corrected chi connectivity index (χ0v) is 15.8. The van der Waals surface area contributed by atoms with E-state index in [0.29, 0.717) is 10.8 Å². The van der Waals surface area contributed by atoms with Gasteiger partial charge in [0.2, 0.25) is 0 Å². The number of rotatable bonds is 1. The fourth-order valence-electron chi connectivity index (χ4n) is 8.18. The number of quaternary nitrogens is 1. The van der Waals surface area contributed by atoms with Gasteiger partial charge in [-0.2, -0.15) is 0 Å². The molecule has 0 aliphatic heterocycles. The van der Waals surface area contributed by atoms with Gasteiger partial charge in [-0.1, -0.05) is 13.8 Å². The molecule has 4 aliphatic rings. The number of aliphatic hydroxyl groups is 1. The van der Waals surface area contributed by atoms with Gasteiger partial charge in [0.25, 0.3) is 0 Å². The number of aliphatic hydroxyl groups excluding tert-OH is 1. The van der Waals surface area contributed by atoms with Gasteiger partial charge < -0.3 is 10.0 Å². The molecule has 0 aromatic carbocycles. The molecule has 4 saturated carbocycles. The fraction of sp³-hybridized carbons (Fsp3) is 1.00. The third kappa shape index (κ3) is 2.27. The predicted octanol–water partition coefficient (Wildman–Crippen LogP) is 2.90. The van der Waals surface area contributed by atoms with Gasteiger partial charge in [0.1, 0.15) is 0 Å². The Bertz CT molecular complexity index is 463. The van der Waals surface area contributed by atoms with E-state index in [9.17, 15) is 5.11 Å². The van der Waals surface area contributed by atoms with Gasteiger partial charge in [0, 0.05) is 11.8 Å². The zero-order chi connectivity index (χ0) is 16.4. The maximum Gasteiger partial charge on any atom is 0.0927 e. The standard InChI is InChI=1S/C21H37NO/c1-20-11-9-15(23)13-14(20)5-6-16-17-7-8-19(22(3)4)21(17,2)12-10-18(16)20/h14-19,23H,5-13H2,1-4H3/p+1/t14-,15-,16-,17-,18+,19-,20-,21+/m1/s1. The van der Waals surface area contributed by atoms with Crippen LogP contribution < -0.4 is 4.90 Å². The molecule has 0 unspecified atom stereocenters. The van der Waals surface area contributed by atoms with Crippen molar-refractivity contribution < 1.29 is 10.0 Å². The minimum absolute atomic E-state index is 0.00770. The molecule has 0 radical (unpaired) electrons. The SMILES string of the molecule is C[NH+](C)[C@@H]1CC[C@@H]2[C@H]3CC[C@@H]4C[C@H](O)CC[C@@]4(C)[C@H]3CC[C@@]21C. The molecule has 0 aromatic heterocycles. The smallest absolute Gasteiger partial charge is 0.0927 e. The zero-order valence-electron chi connectivity index (χ0n) is 15.8. The van der Waals surface area contributed by atoms with Crippen molar-refractivity contribution in [1.29, 1.82) is 0 Å². The molecule has 0 aromatic rings. The number of hydrogen-bond acceptors (Lipinski definition) is 1. The van der Waals surface area contributed by atoms with E-state index in [1.807, 2.05) is 0 Å². The normalized spacial score (nSPS) is 56.1. The van der Waals surface area contributed by atoms with Gasteiger partial charge in [-0.3, -0.25) is 0 Å². The summed E-state index contributed by atoms with van der Waals surface area (Å²) in [7, 11) is 4.76. The highest BCUT2D eigenvalue weighted by atomic mass is 16.3. The van der Waals surface area contributed by atoms with E-state index >= 15 is 0 Å². The first kappa shape index (κ1) is 16.4. The molecule has 0 spiro atoms. The van der Waals surface area contributed by atoms with Crippen LogP contribution in [0.25, 0.3) is 0 Å². The molecular weight excluding hydrogens is 282 g/mol. The van der Waals surface area contributed by atoms with Crippen molar-refractivity contribution in [3.05, 3.63) is 0 Å². The summed E-state index contributed by atoms with van der Waals surface area (Å²) in [5.41, 5.74) is 1.13. The molecule has 2 nitrogen and oxygen atoms in total. The largest absolute Gasteiger partial charge is 0.393 e. The average Bonchev–Trinajstić information content (AvgIpc) is 2.85. The lowest BCUT2D eigenvalue weighted by atomic mass is 9.45. The molecular formula is C21H38NO+. The summed E-state index contributed by atoms with van der Waals surface area (Å²) in [6.07, 6.45) is 12.1. The molecule has 4 rings (SSSR count). The van der Waals surface area contributed by atoms with Crippen LogP contribution in [0.5, 0.6) is 0 Å². The van der Waals surface area contributed by atoms with Gasteiger partial charge in [-0.15, -0.1) is 0 Å². The van der Waals surface area contributed by atoms with Crippen LogP contribution in [-0.2, 0) is 0 Å². The van der Waals surface area contributed by atoms with Gasteiger partial charge in [0.15, 0.2) is 0 Å². The van der Waals surface area contributed by atoms with Crippen LogP contribution in [0.4, 0.5) is 0 Å². The Morgan fingerprint density at radius 2 is 1.52 bits per heavy atom. The highest BCUT2D eigenvalue weighted by molar-refractivity contribution is 5.09. The maximum absolute atomic E-state index is 10.1. The van der Waals surface area contributed by atoms with Crippen molar-refractivity contribution in [2.75, 3.05) is 14.1 Å². The van der Waals surface area contributed by atoms with Gasteiger partial charge in [-0.25, -0.2) is 0 Å². The number of fused-ring (bicyclic) bond motifs is 5. The van der Waals surface area contributed by atoms with Crippen LogP contribution >= 0.6 is 0 Å². The Morgan fingerprint density at radius 3 is 2.26 bits per heavy atom. The van der Waals surface area contributed by atoms with Crippen LogP contribution in [0.2, 0.25) is 0 Å². The minimum atomic E-state index is -0.00770. The summed E-state index contributed by atoms with van der Waals surface area (Å²) in [6, 6.07) is 0.882. The second kappa shape index (κ2) is 5.46. The second-order valence-corrected chi connectivity index (χ2v) is 10.3. The van der Waals surface area contributed by atoms with Gasteiger partial charge in [-0.05, 0) is 80.5 Å². The molecule has 4 fully saturated rings. The van der Waals surface area contributed by atoms with Crippen LogP contribution in [0.1, 0.15) is 71.6 Å². The van der Waals surface area contributed by atoms with Gasteiger partial charge >= 0.3 is 0 Å². The molecule has 0 amide bonds. The molecule has 0 heterocycles. The lowest BCUT2D eigenvalue weighted by molar-refractivity contribution is -0.893. The summed E-state index contributed by atoms with van der Waals surface area (Å²) in [4.78, 5) is 1.69. The van der Waals surface area contributed by atoms with Gasteiger partial charge in [0.05, 0.1) is 26.2 Å². The Labute approximate surface area is 143 Å². The van der Waals surface area contributed by atoms with Crippen LogP contribution in [0, 0.1) is 34.5 Å². The first-order valence-corrected chi connectivity index (χ1v) is 10.3. The number of nitrogens with one attached hydrogen (secondary N) is 1. The van der Waals surface area contributed by atoms with E-state index in [2.05, 4.69) is 27.9 Å². The topological polar surface area (TPSA) is 24.7 Å². The third-order valence-electron chi connectivity index (χ3n) is 9.34. The molecule has 132 valence electrons. The highest BCUT2D eigenvalue weighted by Crippen LogP contribution is 2.65. The molecule has 23 heavy (non-hydrogen) atoms. The average molecular weight is 321 g/mol. The first-order valence-electron chi connectivity index (χ1n) is 10.3. The third-order valence-corrected chi connectivity index (χ3v) is 9.34. The number of hydrogen-bond donors (Lipinski definition) is 2. The second-order valence-electron chi connectivity index (χ2n) is 10.3. The summed E-state index contributed by atoms with van der Waals surface area (Å²) in [5, 5.41) is 10.1. The fourth-order valence-corrected chi connectivity index (χ4v) is 8.18. The van der Waals surface area contributed by atoms with Crippen LogP contribution in [0.15, 0.2) is 0 Å². The highest BCUT2D eigenvalue weighted by Gasteiger charge is 2.61. The summed E-state index contributed by atoms with van der Waals surface area (Å²) < 4.78 is 0. The van der Waals surface area contributed by atoms with E-state index in [-0.39, 0.29) is 6.10 Å². The van der Waals surface area contributed by atoms with E-state index in [0.717, 1.165) is 42.6 Å². The predicted molar refractivity (Wildman–Crippen MR) is 94.3 cm³/mol. The summed E-state index contributed by atoms with van der Waals surface area (Å²) in [6.45, 7) is 5.24. The minimum Gasteiger partial charge on any atom is -0.393 e. The van der Waals surface area contributed by atoms with E-state index in [1.54, 1.807) is 4.90 Å². The Hall–Kier alpha value is -0.0800. The molecule has 0 bridgehead atoms. The van der Waals surface area contributed by atoms with Crippen LogP contribution in [-0.4, -0.2) is 31.3 Å². The quantitative estimate of drug-likeness (QED) is 0.763. The van der Waals surface area contributed by atoms with E-state index in [1.165, 1.54) is 44.9 Å². The molecule has 2 N–H and O–H groups in total. The van der Waals surface area contributed by atoms with Crippen molar-refractivity contribution in [2.24, 2.45) is 34.5 Å². The molecule has 4 aliphatic carbocycles. The molecule has 8 atom stereocenters. The van der Waals surface area contributed by atoms with Crippen molar-refractivity contribution in [3.63, 3.8) is 0 Å². The Balaban J connectivity index is 1.60. The lowest BCUT2D eigenvalue weighted by Crippen LogP contribution is -3.11. The Kier molecular flexibility index (Phi) is 3.89. The van der Waals surface area contributed by atoms with Crippen molar-refractivity contribution >= 4 is 0 Å². The molecule has 2 heteroatoms. The van der Waals surface area contributed by atoms with E-state index < -0.39 is 0 Å².